The lowest BCUT2D eigenvalue weighted by Gasteiger charge is -2.32. The molecular weight excluding hydrogens is 404 g/mol. The Bertz CT molecular complexity index is 882. The molecule has 1 amide bonds. The molecule has 0 aliphatic carbocycles. The molecule has 3 rings (SSSR count). The van der Waals surface area contributed by atoms with Crippen LogP contribution in [0.2, 0.25) is 0 Å². The summed E-state index contributed by atoms with van der Waals surface area (Å²) in [4.78, 5) is 31.1. The molecule has 162 valence electrons. The molecule has 0 N–H and O–H groups in total. The maximum atomic E-state index is 12.7. The molecule has 0 radical (unpaired) electrons. The van der Waals surface area contributed by atoms with Gasteiger partial charge in [-0.1, -0.05) is 13.8 Å². The van der Waals surface area contributed by atoms with Gasteiger partial charge < -0.3 is 14.2 Å². The molecule has 2 heterocycles. The number of carbonyl (C=O) groups excluding carboxylic acids is 2. The van der Waals surface area contributed by atoms with Crippen molar-refractivity contribution in [3.8, 4) is 17.0 Å². The fourth-order valence-electron chi connectivity index (χ4n) is 3.14. The molecule has 1 aromatic carbocycles. The predicted molar refractivity (Wildman–Crippen MR) is 116 cm³/mol. The van der Waals surface area contributed by atoms with Crippen molar-refractivity contribution in [1.29, 1.82) is 0 Å². The van der Waals surface area contributed by atoms with Gasteiger partial charge in [0.05, 0.1) is 23.0 Å². The highest BCUT2D eigenvalue weighted by Gasteiger charge is 2.33. The lowest BCUT2D eigenvalue weighted by Crippen LogP contribution is -2.47. The number of rotatable bonds is 10. The Labute approximate surface area is 181 Å². The van der Waals surface area contributed by atoms with Crippen LogP contribution in [0.5, 0.6) is 5.75 Å². The van der Waals surface area contributed by atoms with Crippen LogP contribution in [0.4, 0.5) is 5.69 Å². The highest BCUT2D eigenvalue weighted by molar-refractivity contribution is 7.09. The summed E-state index contributed by atoms with van der Waals surface area (Å²) in [6.45, 7) is 6.78. The first-order chi connectivity index (χ1) is 14.5. The highest BCUT2D eigenvalue weighted by Crippen LogP contribution is 2.37. The Balaban J connectivity index is 1.76. The molecule has 0 fully saturated rings. The van der Waals surface area contributed by atoms with Crippen LogP contribution in [0.3, 0.4) is 0 Å². The van der Waals surface area contributed by atoms with Crippen LogP contribution in [0, 0.1) is 0 Å². The Kier molecular flexibility index (Phi) is 7.81. The minimum absolute atomic E-state index is 0.166. The average Bonchev–Trinajstić information content (AvgIpc) is 3.20. The summed E-state index contributed by atoms with van der Waals surface area (Å²) in [6, 6.07) is 5.60. The van der Waals surface area contributed by atoms with Crippen molar-refractivity contribution in [3.63, 3.8) is 0 Å². The van der Waals surface area contributed by atoms with Gasteiger partial charge >= 0.3 is 5.97 Å². The molecule has 7 nitrogen and oxygen atoms in total. The van der Waals surface area contributed by atoms with E-state index in [1.165, 1.54) is 4.90 Å². The van der Waals surface area contributed by atoms with Crippen molar-refractivity contribution >= 4 is 28.9 Å². The molecule has 0 bridgehead atoms. The number of fused-ring (bicyclic) bond motifs is 1. The van der Waals surface area contributed by atoms with Gasteiger partial charge in [-0.2, -0.15) is 0 Å². The molecule has 0 saturated carbocycles. The fourth-order valence-corrected chi connectivity index (χ4v) is 4.05. The van der Waals surface area contributed by atoms with Crippen molar-refractivity contribution in [2.45, 2.75) is 46.1 Å². The molecule has 1 unspecified atom stereocenters. The van der Waals surface area contributed by atoms with Crippen LogP contribution in [-0.2, 0) is 25.5 Å². The van der Waals surface area contributed by atoms with E-state index in [9.17, 15) is 9.59 Å². The minimum Gasteiger partial charge on any atom is -0.479 e. The van der Waals surface area contributed by atoms with Crippen LogP contribution in [-0.4, -0.2) is 49.3 Å². The van der Waals surface area contributed by atoms with Crippen molar-refractivity contribution in [2.24, 2.45) is 0 Å². The first-order valence-corrected chi connectivity index (χ1v) is 11.2. The zero-order valence-electron chi connectivity index (χ0n) is 17.7. The van der Waals surface area contributed by atoms with Crippen LogP contribution in [0.1, 0.15) is 38.6 Å². The lowest BCUT2D eigenvalue weighted by molar-refractivity contribution is -0.144. The number of ether oxygens (including phenoxy) is 3. The second-order valence-electron chi connectivity index (χ2n) is 7.08. The van der Waals surface area contributed by atoms with Gasteiger partial charge in [-0.05, 0) is 44.4 Å². The standard InChI is InChI=1S/C22H28N2O5S/c1-4-6-20-23-17(14-30-20)16-7-8-19-18(12-16)24(22(26)15(3)29-19)13-21(25)28-11-10-27-9-5-2/h7-8,12,14-15H,4-6,9-11,13H2,1-3H3. The number of amides is 1. The van der Waals surface area contributed by atoms with E-state index in [0.29, 0.717) is 24.7 Å². The number of hydrogen-bond acceptors (Lipinski definition) is 7. The fraction of sp³-hybridized carbons (Fsp3) is 0.500. The summed E-state index contributed by atoms with van der Waals surface area (Å²) in [6.07, 6.45) is 2.22. The number of hydrogen-bond donors (Lipinski definition) is 0. The van der Waals surface area contributed by atoms with E-state index in [4.69, 9.17) is 14.2 Å². The Morgan fingerprint density at radius 1 is 1.23 bits per heavy atom. The summed E-state index contributed by atoms with van der Waals surface area (Å²) < 4.78 is 16.3. The molecular formula is C22H28N2O5S. The summed E-state index contributed by atoms with van der Waals surface area (Å²) in [5.41, 5.74) is 2.29. The number of benzene rings is 1. The van der Waals surface area contributed by atoms with E-state index in [0.717, 1.165) is 35.5 Å². The predicted octanol–water partition coefficient (Wildman–Crippen LogP) is 3.85. The van der Waals surface area contributed by atoms with Crippen LogP contribution in [0.15, 0.2) is 23.6 Å². The minimum atomic E-state index is -0.667. The van der Waals surface area contributed by atoms with Gasteiger partial charge in [0.25, 0.3) is 5.91 Å². The Hall–Kier alpha value is -2.45. The van der Waals surface area contributed by atoms with Gasteiger partial charge in [-0.3, -0.25) is 14.5 Å². The maximum Gasteiger partial charge on any atom is 0.326 e. The van der Waals surface area contributed by atoms with E-state index >= 15 is 0 Å². The second kappa shape index (κ2) is 10.5. The first-order valence-electron chi connectivity index (χ1n) is 10.3. The zero-order chi connectivity index (χ0) is 21.5. The van der Waals surface area contributed by atoms with E-state index in [1.807, 2.05) is 30.5 Å². The number of carbonyl (C=O) groups is 2. The van der Waals surface area contributed by atoms with Gasteiger partial charge in [0, 0.05) is 17.6 Å². The molecule has 30 heavy (non-hydrogen) atoms. The largest absolute Gasteiger partial charge is 0.479 e. The molecule has 2 aromatic rings. The van der Waals surface area contributed by atoms with Gasteiger partial charge in [0.1, 0.15) is 18.9 Å². The third-order valence-electron chi connectivity index (χ3n) is 4.61. The van der Waals surface area contributed by atoms with E-state index in [2.05, 4.69) is 11.9 Å². The zero-order valence-corrected chi connectivity index (χ0v) is 18.5. The molecule has 0 saturated heterocycles. The third-order valence-corrected chi connectivity index (χ3v) is 5.51. The van der Waals surface area contributed by atoms with E-state index in [-0.39, 0.29) is 19.1 Å². The van der Waals surface area contributed by atoms with E-state index in [1.54, 1.807) is 18.3 Å². The maximum absolute atomic E-state index is 12.7. The van der Waals surface area contributed by atoms with Crippen molar-refractivity contribution < 1.29 is 23.8 Å². The number of aromatic nitrogens is 1. The monoisotopic (exact) mass is 432 g/mol. The molecule has 1 aromatic heterocycles. The van der Waals surface area contributed by atoms with Gasteiger partial charge in [-0.25, -0.2) is 4.98 Å². The van der Waals surface area contributed by atoms with Gasteiger partial charge in [0.2, 0.25) is 0 Å². The molecule has 8 heteroatoms. The van der Waals surface area contributed by atoms with Crippen LogP contribution in [0.25, 0.3) is 11.3 Å². The van der Waals surface area contributed by atoms with Crippen molar-refractivity contribution in [2.75, 3.05) is 31.3 Å². The summed E-state index contributed by atoms with van der Waals surface area (Å²) in [5, 5.41) is 3.09. The number of aryl methyl sites for hydroxylation is 1. The lowest BCUT2D eigenvalue weighted by atomic mass is 10.1. The number of esters is 1. The molecule has 1 atom stereocenters. The number of thiazole rings is 1. The smallest absolute Gasteiger partial charge is 0.326 e. The molecule has 1 aliphatic rings. The average molecular weight is 433 g/mol. The Morgan fingerprint density at radius 3 is 2.83 bits per heavy atom. The summed E-state index contributed by atoms with van der Waals surface area (Å²) >= 11 is 1.62. The normalized spacial score (nSPS) is 15.6. The first kappa shape index (κ1) is 22.2. The summed E-state index contributed by atoms with van der Waals surface area (Å²) in [5.74, 6) is -0.189. The highest BCUT2D eigenvalue weighted by atomic mass is 32.1. The van der Waals surface area contributed by atoms with Crippen LogP contribution >= 0.6 is 11.3 Å². The third kappa shape index (κ3) is 5.37. The van der Waals surface area contributed by atoms with E-state index < -0.39 is 12.1 Å². The Morgan fingerprint density at radius 2 is 2.07 bits per heavy atom. The van der Waals surface area contributed by atoms with Gasteiger partial charge in [-0.15, -0.1) is 11.3 Å². The molecule has 0 spiro atoms. The second-order valence-corrected chi connectivity index (χ2v) is 8.02. The quantitative estimate of drug-likeness (QED) is 0.419. The topological polar surface area (TPSA) is 78.0 Å². The molecule has 1 aliphatic heterocycles. The van der Waals surface area contributed by atoms with Crippen molar-refractivity contribution in [3.05, 3.63) is 28.6 Å². The number of nitrogens with zero attached hydrogens (tertiary/aromatic N) is 2. The SMILES string of the molecule is CCCOCCOC(=O)CN1C(=O)C(C)Oc2ccc(-c3csc(CCC)n3)cc21. The number of anilines is 1. The van der Waals surface area contributed by atoms with Gasteiger partial charge in [0.15, 0.2) is 6.10 Å². The summed E-state index contributed by atoms with van der Waals surface area (Å²) in [7, 11) is 0. The van der Waals surface area contributed by atoms with Crippen molar-refractivity contribution in [1.82, 2.24) is 4.98 Å². The van der Waals surface area contributed by atoms with Crippen LogP contribution < -0.4 is 9.64 Å².